The van der Waals surface area contributed by atoms with E-state index in [4.69, 9.17) is 4.42 Å². The van der Waals surface area contributed by atoms with Crippen molar-refractivity contribution in [2.24, 2.45) is 0 Å². The highest BCUT2D eigenvalue weighted by atomic mass is 32.2. The minimum atomic E-state index is -0.433. The van der Waals surface area contributed by atoms with Crippen molar-refractivity contribution in [1.82, 2.24) is 15.3 Å². The van der Waals surface area contributed by atoms with Crippen molar-refractivity contribution in [2.45, 2.75) is 24.3 Å². The van der Waals surface area contributed by atoms with Crippen LogP contribution < -0.4 is 10.9 Å². The number of fused-ring (bicyclic) bond motifs is 2. The summed E-state index contributed by atoms with van der Waals surface area (Å²) < 4.78 is 19.4. The minimum Gasteiger partial charge on any atom is -0.442 e. The lowest BCUT2D eigenvalue weighted by atomic mass is 10.0. The number of halogens is 1. The monoisotopic (exact) mass is 359 g/mol. The van der Waals surface area contributed by atoms with E-state index in [-0.39, 0.29) is 28.5 Å². The molecular formula is C17H14FN3O3S. The topological polar surface area (TPSA) is 88.0 Å². The zero-order valence-corrected chi connectivity index (χ0v) is 14.1. The first-order chi connectivity index (χ1) is 12.1. The zero-order valence-electron chi connectivity index (χ0n) is 13.3. The van der Waals surface area contributed by atoms with Crippen molar-refractivity contribution in [3.63, 3.8) is 0 Å². The summed E-state index contributed by atoms with van der Waals surface area (Å²) in [7, 11) is 0. The largest absolute Gasteiger partial charge is 0.442 e. The van der Waals surface area contributed by atoms with Gasteiger partial charge in [-0.15, -0.1) is 11.8 Å². The third kappa shape index (κ3) is 2.62. The number of furan rings is 1. The lowest BCUT2D eigenvalue weighted by Gasteiger charge is -2.26. The van der Waals surface area contributed by atoms with Crippen LogP contribution in [-0.2, 0) is 0 Å². The fourth-order valence-corrected chi connectivity index (χ4v) is 4.23. The van der Waals surface area contributed by atoms with Crippen molar-refractivity contribution in [3.8, 4) is 0 Å². The second kappa shape index (κ2) is 6.03. The molecule has 2 aromatic heterocycles. The van der Waals surface area contributed by atoms with E-state index in [0.29, 0.717) is 22.8 Å². The van der Waals surface area contributed by atoms with Crippen molar-refractivity contribution in [2.75, 3.05) is 5.75 Å². The predicted octanol–water partition coefficient (Wildman–Crippen LogP) is 2.93. The quantitative estimate of drug-likeness (QED) is 0.734. The van der Waals surface area contributed by atoms with E-state index in [1.807, 2.05) is 6.07 Å². The first kappa shape index (κ1) is 15.9. The van der Waals surface area contributed by atoms with Gasteiger partial charge in [-0.1, -0.05) is 12.1 Å². The average molecular weight is 359 g/mol. The SMILES string of the molecule is Cc1oc2nc[nH]c(=O)c2c1C(=O)N[C@H]1CCSc2c(F)cccc21. The maximum Gasteiger partial charge on any atom is 0.262 e. The Morgan fingerprint density at radius 1 is 1.48 bits per heavy atom. The fraction of sp³-hybridized carbons (Fsp3) is 0.235. The predicted molar refractivity (Wildman–Crippen MR) is 91.3 cm³/mol. The molecule has 3 heterocycles. The smallest absolute Gasteiger partial charge is 0.262 e. The van der Waals surface area contributed by atoms with Crippen molar-refractivity contribution < 1.29 is 13.6 Å². The molecule has 0 unspecified atom stereocenters. The molecule has 1 aromatic carbocycles. The summed E-state index contributed by atoms with van der Waals surface area (Å²) in [4.78, 5) is 31.8. The van der Waals surface area contributed by atoms with Gasteiger partial charge in [0, 0.05) is 10.6 Å². The molecule has 0 aliphatic carbocycles. The molecule has 0 fully saturated rings. The van der Waals surface area contributed by atoms with Crippen LogP contribution in [-0.4, -0.2) is 21.6 Å². The molecule has 0 saturated carbocycles. The van der Waals surface area contributed by atoms with Gasteiger partial charge in [-0.25, -0.2) is 9.37 Å². The molecule has 128 valence electrons. The van der Waals surface area contributed by atoms with E-state index in [1.54, 1.807) is 13.0 Å². The summed E-state index contributed by atoms with van der Waals surface area (Å²) in [6.45, 7) is 1.61. The Morgan fingerprint density at radius 2 is 2.32 bits per heavy atom. The summed E-state index contributed by atoms with van der Waals surface area (Å²) in [5.41, 5.74) is 0.609. The molecule has 4 rings (SSSR count). The molecule has 0 saturated heterocycles. The van der Waals surface area contributed by atoms with Crippen LogP contribution in [0, 0.1) is 12.7 Å². The van der Waals surface area contributed by atoms with Crippen molar-refractivity contribution >= 4 is 28.8 Å². The Bertz CT molecular complexity index is 1040. The molecule has 0 radical (unpaired) electrons. The van der Waals surface area contributed by atoms with Gasteiger partial charge in [0.1, 0.15) is 17.0 Å². The Labute approximate surface area is 145 Å². The maximum absolute atomic E-state index is 14.0. The number of aromatic amines is 1. The second-order valence-corrected chi connectivity index (χ2v) is 6.87. The van der Waals surface area contributed by atoms with Gasteiger partial charge in [0.25, 0.3) is 11.5 Å². The summed E-state index contributed by atoms with van der Waals surface area (Å²) in [6, 6.07) is 4.53. The first-order valence-corrected chi connectivity index (χ1v) is 8.73. The third-order valence-electron chi connectivity index (χ3n) is 4.23. The van der Waals surface area contributed by atoms with Crippen molar-refractivity contribution in [3.05, 3.63) is 57.6 Å². The van der Waals surface area contributed by atoms with E-state index < -0.39 is 11.5 Å². The summed E-state index contributed by atoms with van der Waals surface area (Å²) in [5.74, 6) is 0.307. The van der Waals surface area contributed by atoms with Gasteiger partial charge in [0.2, 0.25) is 5.71 Å². The molecule has 3 aromatic rings. The summed E-state index contributed by atoms with van der Waals surface area (Å²) in [5, 5.41) is 3.03. The van der Waals surface area contributed by atoms with Gasteiger partial charge in [0.05, 0.1) is 17.9 Å². The summed E-state index contributed by atoms with van der Waals surface area (Å²) >= 11 is 1.44. The highest BCUT2D eigenvalue weighted by molar-refractivity contribution is 7.99. The van der Waals surface area contributed by atoms with Crippen LogP contribution in [0.15, 0.2) is 38.6 Å². The van der Waals surface area contributed by atoms with E-state index >= 15 is 0 Å². The number of rotatable bonds is 2. The number of aryl methyl sites for hydroxylation is 1. The Hall–Kier alpha value is -2.61. The second-order valence-electron chi connectivity index (χ2n) is 5.77. The lowest BCUT2D eigenvalue weighted by Crippen LogP contribution is -2.31. The standard InChI is InChI=1S/C17H14FN3O3S/c1-8-12(13-15(22)19-7-20-17(13)24-8)16(23)21-11-5-6-25-14-9(11)3-2-4-10(14)18/h2-4,7,11H,5-6H2,1H3,(H,21,23)(H,19,20,22)/t11-/m0/s1. The van der Waals surface area contributed by atoms with Gasteiger partial charge in [-0.3, -0.25) is 9.59 Å². The first-order valence-electron chi connectivity index (χ1n) is 7.75. The number of carbonyl (C=O) groups excluding carboxylic acids is 1. The zero-order chi connectivity index (χ0) is 17.6. The Morgan fingerprint density at radius 3 is 3.16 bits per heavy atom. The number of thioether (sulfide) groups is 1. The number of benzene rings is 1. The van der Waals surface area contributed by atoms with Crippen LogP contribution in [0.5, 0.6) is 0 Å². The van der Waals surface area contributed by atoms with E-state index in [1.165, 1.54) is 24.2 Å². The number of nitrogens with one attached hydrogen (secondary N) is 2. The molecule has 8 heteroatoms. The van der Waals surface area contributed by atoms with Gasteiger partial charge in [0.15, 0.2) is 0 Å². The fourth-order valence-electron chi connectivity index (χ4n) is 3.09. The van der Waals surface area contributed by atoms with Crippen LogP contribution in [0.1, 0.15) is 34.1 Å². The van der Waals surface area contributed by atoms with Gasteiger partial charge in [-0.05, 0) is 25.0 Å². The molecule has 2 N–H and O–H groups in total. The van der Waals surface area contributed by atoms with Crippen molar-refractivity contribution in [1.29, 1.82) is 0 Å². The van der Waals surface area contributed by atoms with Crippen LogP contribution >= 0.6 is 11.8 Å². The van der Waals surface area contributed by atoms with Crippen LogP contribution in [0.4, 0.5) is 4.39 Å². The van der Waals surface area contributed by atoms with Crippen LogP contribution in [0.3, 0.4) is 0 Å². The third-order valence-corrected chi connectivity index (χ3v) is 5.39. The summed E-state index contributed by atoms with van der Waals surface area (Å²) in [6.07, 6.45) is 1.91. The molecule has 25 heavy (non-hydrogen) atoms. The molecular weight excluding hydrogens is 345 g/mol. The molecule has 0 bridgehead atoms. The van der Waals surface area contributed by atoms with Crippen LogP contribution in [0.25, 0.3) is 11.1 Å². The molecule has 6 nitrogen and oxygen atoms in total. The number of nitrogens with zero attached hydrogens (tertiary/aromatic N) is 1. The van der Waals surface area contributed by atoms with Crippen LogP contribution in [0.2, 0.25) is 0 Å². The highest BCUT2D eigenvalue weighted by Gasteiger charge is 2.28. The van der Waals surface area contributed by atoms with E-state index in [0.717, 1.165) is 5.56 Å². The van der Waals surface area contributed by atoms with E-state index in [9.17, 15) is 14.0 Å². The number of hydrogen-bond donors (Lipinski definition) is 2. The average Bonchev–Trinajstić information content (AvgIpc) is 2.93. The van der Waals surface area contributed by atoms with E-state index in [2.05, 4.69) is 15.3 Å². The molecule has 1 aliphatic heterocycles. The minimum absolute atomic E-state index is 0.122. The van der Waals surface area contributed by atoms with Gasteiger partial charge in [-0.2, -0.15) is 0 Å². The molecule has 1 amide bonds. The number of H-pyrrole nitrogens is 1. The molecule has 1 atom stereocenters. The number of aromatic nitrogens is 2. The highest BCUT2D eigenvalue weighted by Crippen LogP contribution is 2.38. The molecule has 1 aliphatic rings. The maximum atomic E-state index is 14.0. The number of hydrogen-bond acceptors (Lipinski definition) is 5. The number of carbonyl (C=O) groups is 1. The van der Waals surface area contributed by atoms with Gasteiger partial charge < -0.3 is 14.7 Å². The van der Waals surface area contributed by atoms with Gasteiger partial charge >= 0.3 is 0 Å². The Kier molecular flexibility index (Phi) is 3.84. The lowest BCUT2D eigenvalue weighted by molar-refractivity contribution is 0.0934. The normalized spacial score (nSPS) is 16.6. The Balaban J connectivity index is 1.72. The number of amides is 1. The molecule has 0 spiro atoms.